The molecule has 0 amide bonds. The third-order valence-corrected chi connectivity index (χ3v) is 11.6. The lowest BCUT2D eigenvalue weighted by atomic mass is 9.55. The van der Waals surface area contributed by atoms with Crippen molar-refractivity contribution in [2.45, 2.75) is 142 Å². The molecule has 2 fully saturated rings. The van der Waals surface area contributed by atoms with E-state index in [-0.39, 0.29) is 0 Å². The summed E-state index contributed by atoms with van der Waals surface area (Å²) in [4.78, 5) is 0. The van der Waals surface area contributed by atoms with Gasteiger partial charge in [-0.25, -0.2) is 0 Å². The first-order valence-corrected chi connectivity index (χ1v) is 16.6. The highest BCUT2D eigenvalue weighted by Crippen LogP contribution is 2.72. The molecule has 0 radical (unpaired) electrons. The smallest absolute Gasteiger partial charge is 0.00617 e. The molecular weight excluding hydrogens is 456 g/mol. The summed E-state index contributed by atoms with van der Waals surface area (Å²) in [5.74, 6) is 3.58. The minimum absolute atomic E-state index is 0.344. The summed E-state index contributed by atoms with van der Waals surface area (Å²) in [6, 6.07) is 15.0. The predicted molar refractivity (Wildman–Crippen MR) is 166 cm³/mol. The highest BCUT2D eigenvalue weighted by molar-refractivity contribution is 5.79. The Hall–Kier alpha value is -1.56. The van der Waals surface area contributed by atoms with E-state index < -0.39 is 0 Å². The molecule has 0 nitrogen and oxygen atoms in total. The standard InChI is InChI=1S/C38H56/c1-7-11-13-29(9-3)21-31-23-37-25-32(22-30(10-4)14-12-8-2)26-38(37,24-31)36-20-28(6)16-18-34(36)33-17-15-27(5)19-35(33)37/h15-20,29-32H,7-14,21-26H2,1-6H3. The Morgan fingerprint density at radius 3 is 1.37 bits per heavy atom. The molecule has 0 aromatic heterocycles. The molecule has 0 heterocycles. The van der Waals surface area contributed by atoms with Crippen molar-refractivity contribution in [3.05, 3.63) is 58.7 Å². The summed E-state index contributed by atoms with van der Waals surface area (Å²) in [6.45, 7) is 14.3. The SMILES string of the molecule is CCCCC(CC)CC1CC23CC(CC(CC)CCCC)CC2(C1)c1cc(C)ccc1-c1ccc(C)cc13. The van der Waals surface area contributed by atoms with Gasteiger partial charge < -0.3 is 0 Å². The Labute approximate surface area is 235 Å². The molecule has 0 N–H and O–H groups in total. The van der Waals surface area contributed by atoms with Gasteiger partial charge in [0.1, 0.15) is 0 Å². The number of unbranched alkanes of at least 4 members (excludes halogenated alkanes) is 2. The van der Waals surface area contributed by atoms with E-state index in [4.69, 9.17) is 0 Å². The number of hydrogen-bond donors (Lipinski definition) is 0. The maximum Gasteiger partial charge on any atom is 0.00617 e. The lowest BCUT2D eigenvalue weighted by molar-refractivity contribution is 0.286. The van der Waals surface area contributed by atoms with E-state index in [1.807, 2.05) is 0 Å². The van der Waals surface area contributed by atoms with Crippen LogP contribution in [-0.4, -0.2) is 0 Å². The highest BCUT2D eigenvalue weighted by Gasteiger charge is 2.66. The van der Waals surface area contributed by atoms with Crippen LogP contribution in [0.15, 0.2) is 36.4 Å². The number of aryl methyl sites for hydroxylation is 2. The second kappa shape index (κ2) is 11.5. The fourth-order valence-electron chi connectivity index (χ4n) is 9.84. The van der Waals surface area contributed by atoms with Crippen LogP contribution in [0.4, 0.5) is 0 Å². The second-order valence-corrected chi connectivity index (χ2v) is 14.1. The van der Waals surface area contributed by atoms with Crippen molar-refractivity contribution in [2.75, 3.05) is 0 Å². The lowest BCUT2D eigenvalue weighted by Crippen LogP contribution is -2.43. The van der Waals surface area contributed by atoms with Gasteiger partial charge >= 0.3 is 0 Å². The molecule has 38 heavy (non-hydrogen) atoms. The zero-order valence-corrected chi connectivity index (χ0v) is 25.7. The van der Waals surface area contributed by atoms with Gasteiger partial charge in [-0.15, -0.1) is 0 Å². The van der Waals surface area contributed by atoms with E-state index in [9.17, 15) is 0 Å². The molecule has 0 saturated heterocycles. The average molecular weight is 513 g/mol. The number of hydrogen-bond acceptors (Lipinski definition) is 0. The quantitative estimate of drug-likeness (QED) is 0.265. The van der Waals surface area contributed by atoms with E-state index in [2.05, 4.69) is 77.9 Å². The summed E-state index contributed by atoms with van der Waals surface area (Å²) in [5, 5.41) is 0. The second-order valence-electron chi connectivity index (χ2n) is 14.1. The van der Waals surface area contributed by atoms with Crippen LogP contribution in [0.1, 0.15) is 140 Å². The average Bonchev–Trinajstić information content (AvgIpc) is 3.39. The Morgan fingerprint density at radius 2 is 1.03 bits per heavy atom. The van der Waals surface area contributed by atoms with Crippen LogP contribution in [0.5, 0.6) is 0 Å². The normalized spacial score (nSPS) is 28.9. The van der Waals surface area contributed by atoms with Crippen LogP contribution in [-0.2, 0) is 10.8 Å². The summed E-state index contributed by atoms with van der Waals surface area (Å²) >= 11 is 0. The van der Waals surface area contributed by atoms with Crippen molar-refractivity contribution in [1.29, 1.82) is 0 Å². The van der Waals surface area contributed by atoms with Gasteiger partial charge in [-0.1, -0.05) is 127 Å². The van der Waals surface area contributed by atoms with E-state index >= 15 is 0 Å². The van der Waals surface area contributed by atoms with Crippen molar-refractivity contribution in [3.63, 3.8) is 0 Å². The van der Waals surface area contributed by atoms with Crippen molar-refractivity contribution >= 4 is 0 Å². The van der Waals surface area contributed by atoms with Gasteiger partial charge in [0, 0.05) is 10.8 Å². The number of benzene rings is 2. The van der Waals surface area contributed by atoms with E-state index in [0.717, 1.165) is 23.7 Å². The lowest BCUT2D eigenvalue weighted by Gasteiger charge is -2.48. The molecule has 2 aromatic carbocycles. The fraction of sp³-hybridized carbons (Fsp3) is 0.684. The summed E-state index contributed by atoms with van der Waals surface area (Å²) in [7, 11) is 0. The monoisotopic (exact) mass is 512 g/mol. The zero-order chi connectivity index (χ0) is 26.9. The Kier molecular flexibility index (Phi) is 8.47. The molecule has 5 rings (SSSR count). The summed E-state index contributed by atoms with van der Waals surface area (Å²) in [5.41, 5.74) is 10.2. The van der Waals surface area contributed by atoms with Crippen LogP contribution in [0.3, 0.4) is 0 Å². The molecular formula is C38H56. The van der Waals surface area contributed by atoms with E-state index in [0.29, 0.717) is 10.8 Å². The van der Waals surface area contributed by atoms with Crippen LogP contribution >= 0.6 is 0 Å². The number of rotatable bonds is 12. The van der Waals surface area contributed by atoms with Gasteiger partial charge in [-0.05, 0) is 98.3 Å². The van der Waals surface area contributed by atoms with Crippen LogP contribution in [0, 0.1) is 37.5 Å². The number of fused-ring (bicyclic) bond motifs is 3. The molecule has 3 aliphatic carbocycles. The van der Waals surface area contributed by atoms with E-state index in [1.54, 1.807) is 22.3 Å². The van der Waals surface area contributed by atoms with Gasteiger partial charge in [0.2, 0.25) is 0 Å². The maximum atomic E-state index is 2.64. The molecule has 0 spiro atoms. The maximum absolute atomic E-state index is 2.64. The molecule has 0 heteroatoms. The topological polar surface area (TPSA) is 0 Å². The van der Waals surface area contributed by atoms with Crippen molar-refractivity contribution in [1.82, 2.24) is 0 Å². The molecule has 0 bridgehead atoms. The zero-order valence-electron chi connectivity index (χ0n) is 25.7. The fourth-order valence-corrected chi connectivity index (χ4v) is 9.84. The minimum atomic E-state index is 0.344. The van der Waals surface area contributed by atoms with Crippen molar-refractivity contribution in [2.24, 2.45) is 23.7 Å². The van der Waals surface area contributed by atoms with Crippen LogP contribution in [0.2, 0.25) is 0 Å². The van der Waals surface area contributed by atoms with Gasteiger partial charge in [0.05, 0.1) is 0 Å². The molecule has 2 atom stereocenters. The Balaban J connectivity index is 1.58. The third-order valence-electron chi connectivity index (χ3n) is 11.6. The van der Waals surface area contributed by atoms with Gasteiger partial charge in [-0.2, -0.15) is 0 Å². The largest absolute Gasteiger partial charge is 0.0654 e. The summed E-state index contributed by atoms with van der Waals surface area (Å²) < 4.78 is 0. The molecule has 208 valence electrons. The van der Waals surface area contributed by atoms with Gasteiger partial charge in [0.25, 0.3) is 0 Å². The Bertz CT molecular complexity index is 990. The molecule has 3 aliphatic rings. The first kappa shape index (κ1) is 28.0. The summed E-state index contributed by atoms with van der Waals surface area (Å²) in [6.07, 6.45) is 19.7. The predicted octanol–water partition coefficient (Wildman–Crippen LogP) is 11.5. The molecule has 2 saturated carbocycles. The van der Waals surface area contributed by atoms with Crippen LogP contribution in [0.25, 0.3) is 11.1 Å². The van der Waals surface area contributed by atoms with E-state index in [1.165, 1.54) is 101 Å². The van der Waals surface area contributed by atoms with Crippen molar-refractivity contribution < 1.29 is 0 Å². The first-order chi connectivity index (χ1) is 18.4. The third kappa shape index (κ3) is 4.81. The molecule has 2 aromatic rings. The van der Waals surface area contributed by atoms with Crippen LogP contribution < -0.4 is 0 Å². The minimum Gasteiger partial charge on any atom is -0.0654 e. The first-order valence-electron chi connectivity index (χ1n) is 16.6. The molecule has 0 aliphatic heterocycles. The van der Waals surface area contributed by atoms with Gasteiger partial charge in [-0.3, -0.25) is 0 Å². The Morgan fingerprint density at radius 1 is 0.632 bits per heavy atom. The van der Waals surface area contributed by atoms with Gasteiger partial charge in [0.15, 0.2) is 0 Å². The van der Waals surface area contributed by atoms with Crippen molar-refractivity contribution in [3.8, 4) is 11.1 Å². The molecule has 2 unspecified atom stereocenters. The highest BCUT2D eigenvalue weighted by atomic mass is 14.7.